The van der Waals surface area contributed by atoms with Crippen molar-refractivity contribution in [2.45, 2.75) is 5.92 Å². The lowest BCUT2D eigenvalue weighted by Crippen LogP contribution is -2.34. The number of phenols is 1. The smallest absolute Gasteiger partial charge is 0.253 e. The first-order valence-electron chi connectivity index (χ1n) is 7.81. The molecule has 8 heteroatoms. The minimum absolute atomic E-state index is 0.0737. The number of nitrogens with one attached hydrogen (secondary N) is 2. The van der Waals surface area contributed by atoms with E-state index in [9.17, 15) is 14.7 Å². The van der Waals surface area contributed by atoms with E-state index in [4.69, 9.17) is 23.2 Å². The molecule has 3 rings (SSSR count). The fourth-order valence-electron chi connectivity index (χ4n) is 2.85. The van der Waals surface area contributed by atoms with Gasteiger partial charge >= 0.3 is 0 Å². The maximum atomic E-state index is 12.4. The summed E-state index contributed by atoms with van der Waals surface area (Å²) in [7, 11) is 0. The van der Waals surface area contributed by atoms with Crippen LogP contribution < -0.4 is 10.7 Å². The van der Waals surface area contributed by atoms with Crippen LogP contribution in [0.3, 0.4) is 0 Å². The number of rotatable bonds is 4. The van der Waals surface area contributed by atoms with Gasteiger partial charge in [0, 0.05) is 23.0 Å². The summed E-state index contributed by atoms with van der Waals surface area (Å²) in [5.41, 5.74) is 3.49. The maximum absolute atomic E-state index is 12.4. The van der Waals surface area contributed by atoms with Crippen molar-refractivity contribution in [1.29, 1.82) is 0 Å². The molecular weight excluding hydrogens is 377 g/mol. The molecule has 2 atom stereocenters. The number of hydrogen-bond acceptors (Lipinski definition) is 4. The predicted octanol–water partition coefficient (Wildman–Crippen LogP) is 2.68. The molecule has 0 unspecified atom stereocenters. The Labute approximate surface area is 159 Å². The highest BCUT2D eigenvalue weighted by atomic mass is 35.5. The third-order valence-electron chi connectivity index (χ3n) is 4.13. The first-order valence-corrected chi connectivity index (χ1v) is 8.56. The summed E-state index contributed by atoms with van der Waals surface area (Å²) in [5, 5.41) is 16.8. The second-order valence-electron chi connectivity index (χ2n) is 5.80. The Bertz CT molecular complexity index is 871. The van der Waals surface area contributed by atoms with Crippen molar-refractivity contribution in [1.82, 2.24) is 10.7 Å². The van der Waals surface area contributed by atoms with Crippen LogP contribution in [-0.4, -0.2) is 29.7 Å². The van der Waals surface area contributed by atoms with Crippen molar-refractivity contribution in [3.05, 3.63) is 63.6 Å². The molecule has 0 aliphatic carbocycles. The van der Waals surface area contributed by atoms with Gasteiger partial charge < -0.3 is 10.4 Å². The molecule has 26 heavy (non-hydrogen) atoms. The van der Waals surface area contributed by atoms with Crippen molar-refractivity contribution in [3.8, 4) is 5.75 Å². The molecule has 1 saturated heterocycles. The molecule has 1 aliphatic heterocycles. The van der Waals surface area contributed by atoms with E-state index >= 15 is 0 Å². The first kappa shape index (κ1) is 18.2. The van der Waals surface area contributed by atoms with Gasteiger partial charge in [-0.3, -0.25) is 9.59 Å². The minimum atomic E-state index is -0.883. The fraction of sp³-hybridized carbons (Fsp3) is 0.167. The molecule has 0 aromatic heterocycles. The van der Waals surface area contributed by atoms with Gasteiger partial charge in [-0.15, -0.1) is 0 Å². The van der Waals surface area contributed by atoms with Crippen molar-refractivity contribution in [2.24, 2.45) is 11.0 Å². The van der Waals surface area contributed by atoms with Crippen LogP contribution in [-0.2, 0) is 9.59 Å². The Morgan fingerprint density at radius 1 is 1.27 bits per heavy atom. The number of hydrazone groups is 1. The van der Waals surface area contributed by atoms with Crippen molar-refractivity contribution >= 4 is 41.2 Å². The van der Waals surface area contributed by atoms with E-state index in [-0.39, 0.29) is 28.2 Å². The highest BCUT2D eigenvalue weighted by molar-refractivity contribution is 6.36. The number of aromatic hydroxyl groups is 1. The van der Waals surface area contributed by atoms with E-state index in [2.05, 4.69) is 15.8 Å². The summed E-state index contributed by atoms with van der Waals surface area (Å²) in [6, 6.07) is 12.2. The molecule has 1 aliphatic rings. The number of amides is 2. The van der Waals surface area contributed by atoms with Crippen LogP contribution in [0.25, 0.3) is 0 Å². The fourth-order valence-corrected chi connectivity index (χ4v) is 3.36. The average Bonchev–Trinajstić information content (AvgIpc) is 3.01. The topological polar surface area (TPSA) is 90.8 Å². The average molecular weight is 392 g/mol. The van der Waals surface area contributed by atoms with Crippen molar-refractivity contribution < 1.29 is 14.7 Å². The van der Waals surface area contributed by atoms with Gasteiger partial charge in [0.1, 0.15) is 11.7 Å². The maximum Gasteiger partial charge on any atom is 0.253 e. The van der Waals surface area contributed by atoms with Crippen molar-refractivity contribution in [3.63, 3.8) is 0 Å². The SMILES string of the molecule is O=C1NC[C@@H](c2ccccc2)[C@@H]1C(=O)N/N=C/c1cc(Cl)cc(Cl)c1O. The molecule has 134 valence electrons. The number of benzene rings is 2. The number of carbonyl (C=O) groups is 2. The van der Waals surface area contributed by atoms with Crippen LogP contribution in [0.5, 0.6) is 5.75 Å². The number of nitrogens with zero attached hydrogens (tertiary/aromatic N) is 1. The Morgan fingerprint density at radius 2 is 2.00 bits per heavy atom. The van der Waals surface area contributed by atoms with Gasteiger partial charge in [0.15, 0.2) is 0 Å². The number of hydrogen-bond donors (Lipinski definition) is 3. The summed E-state index contributed by atoms with van der Waals surface area (Å²) < 4.78 is 0. The largest absolute Gasteiger partial charge is 0.506 e. The molecule has 0 radical (unpaired) electrons. The predicted molar refractivity (Wildman–Crippen MR) is 99.5 cm³/mol. The van der Waals surface area contributed by atoms with Crippen LogP contribution in [0, 0.1) is 5.92 Å². The highest BCUT2D eigenvalue weighted by Gasteiger charge is 2.40. The van der Waals surface area contributed by atoms with Gasteiger partial charge in [0.2, 0.25) is 5.91 Å². The van der Waals surface area contributed by atoms with E-state index in [1.54, 1.807) is 0 Å². The van der Waals surface area contributed by atoms with E-state index in [0.29, 0.717) is 11.6 Å². The van der Waals surface area contributed by atoms with Crippen molar-refractivity contribution in [2.75, 3.05) is 6.54 Å². The third kappa shape index (κ3) is 3.81. The lowest BCUT2D eigenvalue weighted by atomic mass is 9.88. The number of halogens is 2. The van der Waals surface area contributed by atoms with Crippen LogP contribution in [0.2, 0.25) is 10.0 Å². The monoisotopic (exact) mass is 391 g/mol. The first-order chi connectivity index (χ1) is 12.5. The molecule has 2 aromatic carbocycles. The lowest BCUT2D eigenvalue weighted by Gasteiger charge is -2.15. The molecule has 0 saturated carbocycles. The van der Waals surface area contributed by atoms with E-state index < -0.39 is 11.8 Å². The van der Waals surface area contributed by atoms with Gasteiger partial charge in [-0.1, -0.05) is 53.5 Å². The van der Waals surface area contributed by atoms with Gasteiger partial charge in [-0.25, -0.2) is 5.43 Å². The summed E-state index contributed by atoms with van der Waals surface area (Å²) in [6.07, 6.45) is 1.22. The Balaban J connectivity index is 1.74. The van der Waals surface area contributed by atoms with Crippen LogP contribution >= 0.6 is 23.2 Å². The molecule has 1 fully saturated rings. The van der Waals surface area contributed by atoms with Gasteiger partial charge in [-0.2, -0.15) is 5.10 Å². The highest BCUT2D eigenvalue weighted by Crippen LogP contribution is 2.30. The normalized spacial score (nSPS) is 19.5. The summed E-state index contributed by atoms with van der Waals surface area (Å²) in [5.74, 6) is -2.23. The molecular formula is C18H15Cl2N3O3. The van der Waals surface area contributed by atoms with Crippen LogP contribution in [0.1, 0.15) is 17.0 Å². The summed E-state index contributed by atoms with van der Waals surface area (Å²) in [4.78, 5) is 24.5. The second-order valence-corrected chi connectivity index (χ2v) is 6.64. The van der Waals surface area contributed by atoms with Gasteiger partial charge in [0.25, 0.3) is 5.91 Å². The summed E-state index contributed by atoms with van der Waals surface area (Å²) in [6.45, 7) is 0.384. The Morgan fingerprint density at radius 3 is 2.73 bits per heavy atom. The molecule has 6 nitrogen and oxygen atoms in total. The van der Waals surface area contributed by atoms with Crippen LogP contribution in [0.4, 0.5) is 0 Å². The van der Waals surface area contributed by atoms with Crippen LogP contribution in [0.15, 0.2) is 47.6 Å². The summed E-state index contributed by atoms with van der Waals surface area (Å²) >= 11 is 11.7. The Hall–Kier alpha value is -2.57. The molecule has 3 N–H and O–H groups in total. The van der Waals surface area contributed by atoms with E-state index in [1.165, 1.54) is 18.3 Å². The second kappa shape index (κ2) is 7.76. The van der Waals surface area contributed by atoms with E-state index in [1.807, 2.05) is 30.3 Å². The number of phenolic OH excluding ortho intramolecular Hbond substituents is 1. The van der Waals surface area contributed by atoms with Gasteiger partial charge in [0.05, 0.1) is 11.2 Å². The molecule has 2 amide bonds. The number of carbonyl (C=O) groups excluding carboxylic acids is 2. The zero-order valence-corrected chi connectivity index (χ0v) is 15.0. The quantitative estimate of drug-likeness (QED) is 0.425. The van der Waals surface area contributed by atoms with Gasteiger partial charge in [-0.05, 0) is 17.7 Å². The molecule has 0 spiro atoms. The zero-order valence-electron chi connectivity index (χ0n) is 13.4. The van der Waals surface area contributed by atoms with E-state index in [0.717, 1.165) is 5.56 Å². The third-order valence-corrected chi connectivity index (χ3v) is 4.63. The molecule has 2 aromatic rings. The Kier molecular flexibility index (Phi) is 5.44. The molecule has 0 bridgehead atoms. The molecule has 1 heterocycles. The lowest BCUT2D eigenvalue weighted by molar-refractivity contribution is -0.133. The zero-order chi connectivity index (χ0) is 18.7. The minimum Gasteiger partial charge on any atom is -0.506 e. The standard InChI is InChI=1S/C18H15Cl2N3O3/c19-12-6-11(16(24)14(20)7-12)8-22-23-18(26)15-13(9-21-17(15)25)10-4-2-1-3-5-10/h1-8,13,15,24H,9H2,(H,21,25)(H,23,26)/b22-8+/t13-,15-/m0/s1.